The van der Waals surface area contributed by atoms with Gasteiger partial charge in [-0.3, -0.25) is 9.52 Å². The number of carbonyl (C=O) groups excluding carboxylic acids is 1. The summed E-state index contributed by atoms with van der Waals surface area (Å²) in [6.07, 6.45) is 0. The van der Waals surface area contributed by atoms with Crippen LogP contribution in [0.15, 0.2) is 53.4 Å². The summed E-state index contributed by atoms with van der Waals surface area (Å²) in [6.45, 7) is 3.87. The van der Waals surface area contributed by atoms with E-state index >= 15 is 0 Å². The molecule has 1 atom stereocenters. The van der Waals surface area contributed by atoms with Crippen molar-refractivity contribution >= 4 is 16.9 Å². The molecule has 0 spiro atoms. The van der Waals surface area contributed by atoms with Gasteiger partial charge in [0.1, 0.15) is 0 Å². The number of aryl methyl sites for hydroxylation is 2. The highest BCUT2D eigenvalue weighted by Crippen LogP contribution is 2.08. The van der Waals surface area contributed by atoms with E-state index < -0.39 is 11.0 Å². The molecule has 2 aromatic rings. The number of hydrogen-bond acceptors (Lipinski definition) is 2. The van der Waals surface area contributed by atoms with Crippen LogP contribution in [-0.4, -0.2) is 10.1 Å². The summed E-state index contributed by atoms with van der Waals surface area (Å²) in [6, 6.07) is 14.4. The zero-order chi connectivity index (χ0) is 13.8. The second-order valence-corrected chi connectivity index (χ2v) is 5.60. The fraction of sp³-hybridized carbons (Fsp3) is 0.133. The molecule has 0 bridgehead atoms. The average molecular weight is 273 g/mol. The first-order chi connectivity index (χ1) is 9.06. The Kier molecular flexibility index (Phi) is 4.12. The maximum absolute atomic E-state index is 12.0. The summed E-state index contributed by atoms with van der Waals surface area (Å²) in [5.74, 6) is -0.331. The van der Waals surface area contributed by atoms with E-state index in [1.807, 2.05) is 32.0 Å². The predicted octanol–water partition coefficient (Wildman–Crippen LogP) is 2.76. The molecule has 3 nitrogen and oxygen atoms in total. The summed E-state index contributed by atoms with van der Waals surface area (Å²) in [4.78, 5) is 12.5. The van der Waals surface area contributed by atoms with Gasteiger partial charge in [0.05, 0.1) is 4.90 Å². The van der Waals surface area contributed by atoms with Gasteiger partial charge in [0, 0.05) is 5.56 Å². The fourth-order valence-electron chi connectivity index (χ4n) is 1.65. The van der Waals surface area contributed by atoms with Crippen molar-refractivity contribution < 1.29 is 9.00 Å². The van der Waals surface area contributed by atoms with Crippen molar-refractivity contribution in [2.24, 2.45) is 0 Å². The zero-order valence-electron chi connectivity index (χ0n) is 10.8. The van der Waals surface area contributed by atoms with Crippen LogP contribution in [0.3, 0.4) is 0 Å². The number of carbonyl (C=O) groups is 1. The molecule has 1 amide bonds. The average Bonchev–Trinajstić information content (AvgIpc) is 2.39. The van der Waals surface area contributed by atoms with Crippen molar-refractivity contribution in [2.45, 2.75) is 18.7 Å². The van der Waals surface area contributed by atoms with E-state index in [0.29, 0.717) is 10.5 Å². The highest BCUT2D eigenvalue weighted by atomic mass is 32.2. The van der Waals surface area contributed by atoms with Gasteiger partial charge >= 0.3 is 0 Å². The Morgan fingerprint density at radius 2 is 1.68 bits per heavy atom. The van der Waals surface area contributed by atoms with Crippen molar-refractivity contribution in [2.75, 3.05) is 0 Å². The van der Waals surface area contributed by atoms with E-state index in [2.05, 4.69) is 4.72 Å². The lowest BCUT2D eigenvalue weighted by molar-refractivity contribution is 0.0983. The molecule has 0 aliphatic rings. The Morgan fingerprint density at radius 3 is 2.32 bits per heavy atom. The predicted molar refractivity (Wildman–Crippen MR) is 76.2 cm³/mol. The lowest BCUT2D eigenvalue weighted by Crippen LogP contribution is -2.25. The van der Waals surface area contributed by atoms with E-state index in [-0.39, 0.29) is 5.91 Å². The second kappa shape index (κ2) is 5.80. The monoisotopic (exact) mass is 273 g/mol. The Hall–Kier alpha value is -1.94. The summed E-state index contributed by atoms with van der Waals surface area (Å²) < 4.78 is 14.5. The Bertz CT molecular complexity index is 620. The molecule has 0 saturated carbocycles. The number of rotatable bonds is 3. The molecule has 2 rings (SSSR count). The van der Waals surface area contributed by atoms with Gasteiger partial charge in [-0.05, 0) is 38.1 Å². The molecule has 0 heterocycles. The minimum Gasteiger partial charge on any atom is -0.268 e. The third-order valence-corrected chi connectivity index (χ3v) is 3.77. The molecule has 98 valence electrons. The topological polar surface area (TPSA) is 46.2 Å². The van der Waals surface area contributed by atoms with Crippen LogP contribution in [0.4, 0.5) is 0 Å². The first kappa shape index (κ1) is 13.5. The number of hydrogen-bond donors (Lipinski definition) is 1. The van der Waals surface area contributed by atoms with Gasteiger partial charge in [-0.25, -0.2) is 4.21 Å². The lowest BCUT2D eigenvalue weighted by atomic mass is 10.1. The first-order valence-corrected chi connectivity index (χ1v) is 7.07. The van der Waals surface area contributed by atoms with Crippen LogP contribution in [0.25, 0.3) is 0 Å². The summed E-state index contributed by atoms with van der Waals surface area (Å²) in [7, 11) is -1.53. The minimum atomic E-state index is -1.53. The van der Waals surface area contributed by atoms with Crippen LogP contribution in [0, 0.1) is 13.8 Å². The third kappa shape index (κ3) is 3.51. The highest BCUT2D eigenvalue weighted by molar-refractivity contribution is 7.83. The molecule has 0 saturated heterocycles. The Labute approximate surface area is 115 Å². The Morgan fingerprint density at radius 1 is 1.00 bits per heavy atom. The SMILES string of the molecule is Cc1ccc(S(=O)NC(=O)c2cccc(C)c2)cc1. The van der Waals surface area contributed by atoms with Gasteiger partial charge in [0.25, 0.3) is 5.91 Å². The smallest absolute Gasteiger partial charge is 0.263 e. The third-order valence-electron chi connectivity index (χ3n) is 2.70. The summed E-state index contributed by atoms with van der Waals surface area (Å²) in [5, 5.41) is 0. The Balaban J connectivity index is 2.11. The van der Waals surface area contributed by atoms with E-state index in [1.165, 1.54) is 0 Å². The van der Waals surface area contributed by atoms with Crippen molar-refractivity contribution in [3.8, 4) is 0 Å². The van der Waals surface area contributed by atoms with Gasteiger partial charge in [0.2, 0.25) is 0 Å². The minimum absolute atomic E-state index is 0.331. The maximum Gasteiger partial charge on any atom is 0.263 e. The van der Waals surface area contributed by atoms with Crippen LogP contribution in [0.5, 0.6) is 0 Å². The number of nitrogens with one attached hydrogen (secondary N) is 1. The van der Waals surface area contributed by atoms with Crippen LogP contribution < -0.4 is 4.72 Å². The second-order valence-electron chi connectivity index (χ2n) is 4.38. The van der Waals surface area contributed by atoms with Gasteiger partial charge in [-0.1, -0.05) is 35.4 Å². The maximum atomic E-state index is 12.0. The quantitative estimate of drug-likeness (QED) is 0.934. The number of amides is 1. The zero-order valence-corrected chi connectivity index (χ0v) is 11.7. The van der Waals surface area contributed by atoms with Crippen LogP contribution in [-0.2, 0) is 11.0 Å². The first-order valence-electron chi connectivity index (χ1n) is 5.92. The fourth-order valence-corrected chi connectivity index (χ4v) is 2.44. The largest absolute Gasteiger partial charge is 0.268 e. The van der Waals surface area contributed by atoms with Crippen LogP contribution in [0.2, 0.25) is 0 Å². The van der Waals surface area contributed by atoms with Gasteiger partial charge in [0.15, 0.2) is 11.0 Å². The highest BCUT2D eigenvalue weighted by Gasteiger charge is 2.10. The van der Waals surface area contributed by atoms with Crippen LogP contribution in [0.1, 0.15) is 21.5 Å². The van der Waals surface area contributed by atoms with E-state index in [0.717, 1.165) is 11.1 Å². The molecule has 2 aromatic carbocycles. The van der Waals surface area contributed by atoms with Crippen molar-refractivity contribution in [1.82, 2.24) is 4.72 Å². The van der Waals surface area contributed by atoms with Crippen LogP contribution >= 0.6 is 0 Å². The van der Waals surface area contributed by atoms with Crippen molar-refractivity contribution in [1.29, 1.82) is 0 Å². The standard InChI is InChI=1S/C15H15NO2S/c1-11-6-8-14(9-7-11)19(18)16-15(17)13-5-3-4-12(2)10-13/h3-10H,1-2H3,(H,16,17). The van der Waals surface area contributed by atoms with Gasteiger partial charge in [-0.15, -0.1) is 0 Å². The molecule has 0 aliphatic heterocycles. The molecule has 0 aromatic heterocycles. The number of benzene rings is 2. The van der Waals surface area contributed by atoms with Gasteiger partial charge in [-0.2, -0.15) is 0 Å². The molecule has 4 heteroatoms. The van der Waals surface area contributed by atoms with Gasteiger partial charge < -0.3 is 0 Å². The molecule has 0 aliphatic carbocycles. The molecule has 1 N–H and O–H groups in total. The van der Waals surface area contributed by atoms with Crippen molar-refractivity contribution in [3.63, 3.8) is 0 Å². The lowest BCUT2D eigenvalue weighted by Gasteiger charge is -2.06. The van der Waals surface area contributed by atoms with Crippen molar-refractivity contribution in [3.05, 3.63) is 65.2 Å². The van der Waals surface area contributed by atoms with E-state index in [4.69, 9.17) is 0 Å². The summed E-state index contributed by atoms with van der Waals surface area (Å²) in [5.41, 5.74) is 2.60. The van der Waals surface area contributed by atoms with E-state index in [9.17, 15) is 9.00 Å². The molecule has 19 heavy (non-hydrogen) atoms. The van der Waals surface area contributed by atoms with E-state index in [1.54, 1.807) is 30.3 Å². The molecule has 1 unspecified atom stereocenters. The normalized spacial score (nSPS) is 11.9. The molecule has 0 fully saturated rings. The molecular formula is C15H15NO2S. The molecular weight excluding hydrogens is 258 g/mol. The molecule has 0 radical (unpaired) electrons. The summed E-state index contributed by atoms with van der Waals surface area (Å²) >= 11 is 0.